The number of carbonyl (C=O) groups is 1. The minimum atomic E-state index is -0.163. The van der Waals surface area contributed by atoms with E-state index in [9.17, 15) is 9.59 Å². The first-order valence-electron chi connectivity index (χ1n) is 10.5. The van der Waals surface area contributed by atoms with Gasteiger partial charge in [0.05, 0.1) is 21.7 Å². The number of aromatic nitrogens is 3. The highest BCUT2D eigenvalue weighted by Crippen LogP contribution is 2.28. The van der Waals surface area contributed by atoms with Crippen LogP contribution in [0.2, 0.25) is 5.02 Å². The molecule has 1 amide bonds. The maximum Gasteiger partial charge on any atom is 0.330 e. The zero-order valence-electron chi connectivity index (χ0n) is 17.6. The summed E-state index contributed by atoms with van der Waals surface area (Å²) in [6, 6.07) is 11.2. The van der Waals surface area contributed by atoms with Crippen molar-refractivity contribution in [3.8, 4) is 0 Å². The van der Waals surface area contributed by atoms with Gasteiger partial charge >= 0.3 is 5.69 Å². The number of pyridine rings is 1. The van der Waals surface area contributed by atoms with E-state index in [1.807, 2.05) is 30.5 Å². The van der Waals surface area contributed by atoms with Crippen LogP contribution < -0.4 is 15.9 Å². The Balaban J connectivity index is 1.28. The molecule has 8 nitrogen and oxygen atoms in total. The number of carbonyl (C=O) groups excluding carboxylic acids is 1. The Labute approximate surface area is 189 Å². The van der Waals surface area contributed by atoms with Crippen molar-refractivity contribution in [2.24, 2.45) is 0 Å². The third kappa shape index (κ3) is 3.72. The van der Waals surface area contributed by atoms with Crippen LogP contribution in [-0.4, -0.2) is 58.4 Å². The van der Waals surface area contributed by atoms with E-state index in [0.717, 1.165) is 60.5 Å². The summed E-state index contributed by atoms with van der Waals surface area (Å²) in [5.41, 5.74) is 4.75. The second-order valence-corrected chi connectivity index (χ2v) is 8.35. The molecular weight excluding hydrogens is 428 g/mol. The maximum atomic E-state index is 12.3. The van der Waals surface area contributed by atoms with Crippen molar-refractivity contribution >= 4 is 39.7 Å². The standard InChI is InChI=1S/C23H23ClN6O2/c1-25-22(31)16-4-5-19(17(24)12-16)29-9-7-28(8-10-29)14-15-11-18-21(26-13-15)20-3-2-6-30(20)23(32)27-18/h2-6,11-13H,7-10,14H2,1H3,(H,25,31)(H,27,32). The maximum absolute atomic E-state index is 12.3. The van der Waals surface area contributed by atoms with Crippen molar-refractivity contribution in [1.29, 1.82) is 0 Å². The van der Waals surface area contributed by atoms with E-state index in [-0.39, 0.29) is 11.6 Å². The van der Waals surface area contributed by atoms with Gasteiger partial charge in [0.25, 0.3) is 5.91 Å². The van der Waals surface area contributed by atoms with Crippen molar-refractivity contribution in [2.45, 2.75) is 6.54 Å². The Kier molecular flexibility index (Phi) is 5.32. The SMILES string of the molecule is CNC(=O)c1ccc(N2CCN(Cc3cnc4c(c3)[nH]c(=O)n3cccc43)CC2)c(Cl)c1. The summed E-state index contributed by atoms with van der Waals surface area (Å²) in [6.45, 7) is 4.18. The Bertz CT molecular complexity index is 1370. The number of H-pyrrole nitrogens is 1. The van der Waals surface area contributed by atoms with Crippen molar-refractivity contribution < 1.29 is 4.79 Å². The van der Waals surface area contributed by atoms with E-state index >= 15 is 0 Å². The molecule has 2 N–H and O–H groups in total. The third-order valence-corrected chi connectivity index (χ3v) is 6.25. The number of rotatable bonds is 4. The smallest absolute Gasteiger partial charge is 0.330 e. The number of piperazine rings is 1. The molecule has 0 atom stereocenters. The van der Waals surface area contributed by atoms with Crippen LogP contribution in [0.3, 0.4) is 0 Å². The highest BCUT2D eigenvalue weighted by molar-refractivity contribution is 6.33. The van der Waals surface area contributed by atoms with Gasteiger partial charge in [-0.15, -0.1) is 0 Å². The molecule has 1 aliphatic rings. The number of hydrogen-bond acceptors (Lipinski definition) is 5. The first-order valence-corrected chi connectivity index (χ1v) is 10.9. The molecule has 5 rings (SSSR count). The fraction of sp³-hybridized carbons (Fsp3) is 0.261. The van der Waals surface area contributed by atoms with Gasteiger partial charge < -0.3 is 15.2 Å². The van der Waals surface area contributed by atoms with E-state index in [2.05, 4.69) is 25.1 Å². The van der Waals surface area contributed by atoms with E-state index in [0.29, 0.717) is 10.6 Å². The van der Waals surface area contributed by atoms with Crippen LogP contribution in [-0.2, 0) is 6.54 Å². The number of aromatic amines is 1. The van der Waals surface area contributed by atoms with Crippen molar-refractivity contribution in [2.75, 3.05) is 38.1 Å². The van der Waals surface area contributed by atoms with Crippen LogP contribution >= 0.6 is 11.6 Å². The molecule has 32 heavy (non-hydrogen) atoms. The molecule has 4 aromatic rings. The largest absolute Gasteiger partial charge is 0.368 e. The lowest BCUT2D eigenvalue weighted by molar-refractivity contribution is 0.0963. The third-order valence-electron chi connectivity index (χ3n) is 5.95. The predicted molar refractivity (Wildman–Crippen MR) is 126 cm³/mol. The summed E-state index contributed by atoms with van der Waals surface area (Å²) in [6.07, 6.45) is 3.62. The topological polar surface area (TPSA) is 85.7 Å². The van der Waals surface area contributed by atoms with Gasteiger partial charge in [0.1, 0.15) is 5.52 Å². The summed E-state index contributed by atoms with van der Waals surface area (Å²) < 4.78 is 1.57. The minimum absolute atomic E-state index is 0.147. The summed E-state index contributed by atoms with van der Waals surface area (Å²) >= 11 is 6.46. The molecule has 3 aromatic heterocycles. The first kappa shape index (κ1) is 20.5. The molecule has 164 valence electrons. The van der Waals surface area contributed by atoms with Gasteiger partial charge in [-0.2, -0.15) is 0 Å². The molecule has 0 unspecified atom stereocenters. The number of fused-ring (bicyclic) bond motifs is 3. The Morgan fingerprint density at radius 3 is 2.75 bits per heavy atom. The zero-order valence-corrected chi connectivity index (χ0v) is 18.4. The van der Waals surface area contributed by atoms with Gasteiger partial charge in [-0.25, -0.2) is 4.79 Å². The lowest BCUT2D eigenvalue weighted by Gasteiger charge is -2.36. The van der Waals surface area contributed by atoms with E-state index in [1.165, 1.54) is 0 Å². The van der Waals surface area contributed by atoms with E-state index in [1.54, 1.807) is 29.8 Å². The average molecular weight is 451 g/mol. The lowest BCUT2D eigenvalue weighted by Crippen LogP contribution is -2.46. The first-order chi connectivity index (χ1) is 15.5. The molecule has 1 saturated heterocycles. The minimum Gasteiger partial charge on any atom is -0.368 e. The van der Waals surface area contributed by atoms with E-state index < -0.39 is 0 Å². The molecule has 0 aliphatic carbocycles. The lowest BCUT2D eigenvalue weighted by atomic mass is 10.1. The molecule has 0 spiro atoms. The van der Waals surface area contributed by atoms with Gasteiger partial charge in [-0.1, -0.05) is 11.6 Å². The van der Waals surface area contributed by atoms with Gasteiger partial charge in [-0.3, -0.25) is 19.1 Å². The number of benzene rings is 1. The Morgan fingerprint density at radius 2 is 2.00 bits per heavy atom. The predicted octanol–water partition coefficient (Wildman–Crippen LogP) is 2.51. The van der Waals surface area contributed by atoms with Gasteiger partial charge in [0.2, 0.25) is 0 Å². The Morgan fingerprint density at radius 1 is 1.19 bits per heavy atom. The zero-order chi connectivity index (χ0) is 22.2. The summed E-state index contributed by atoms with van der Waals surface area (Å²) in [5, 5.41) is 3.20. The van der Waals surface area contributed by atoms with Crippen LogP contribution in [0.15, 0.2) is 53.6 Å². The van der Waals surface area contributed by atoms with Crippen molar-refractivity contribution in [1.82, 2.24) is 24.6 Å². The fourth-order valence-corrected chi connectivity index (χ4v) is 4.57. The quantitative estimate of drug-likeness (QED) is 0.499. The highest BCUT2D eigenvalue weighted by atomic mass is 35.5. The average Bonchev–Trinajstić information content (AvgIpc) is 3.30. The molecule has 0 bridgehead atoms. The number of amides is 1. The second-order valence-electron chi connectivity index (χ2n) is 7.94. The van der Waals surface area contributed by atoms with Gasteiger partial charge in [0.15, 0.2) is 0 Å². The molecule has 1 aliphatic heterocycles. The number of nitrogens with one attached hydrogen (secondary N) is 2. The van der Waals surface area contributed by atoms with Crippen LogP contribution in [0.1, 0.15) is 15.9 Å². The van der Waals surface area contributed by atoms with E-state index in [4.69, 9.17) is 11.6 Å². The van der Waals surface area contributed by atoms with Crippen LogP contribution in [0.5, 0.6) is 0 Å². The Hall–Kier alpha value is -3.36. The monoisotopic (exact) mass is 450 g/mol. The summed E-state index contributed by atoms with van der Waals surface area (Å²) in [7, 11) is 1.60. The molecule has 0 saturated carbocycles. The van der Waals surface area contributed by atoms with Crippen LogP contribution in [0.4, 0.5) is 5.69 Å². The van der Waals surface area contributed by atoms with Crippen LogP contribution in [0.25, 0.3) is 16.6 Å². The van der Waals surface area contributed by atoms with Crippen molar-refractivity contribution in [3.63, 3.8) is 0 Å². The second kappa shape index (κ2) is 8.29. The molecular formula is C23H23ClN6O2. The number of anilines is 1. The van der Waals surface area contributed by atoms with Crippen LogP contribution in [0, 0.1) is 0 Å². The summed E-state index contributed by atoms with van der Waals surface area (Å²) in [5.74, 6) is -0.147. The molecule has 4 heterocycles. The highest BCUT2D eigenvalue weighted by Gasteiger charge is 2.20. The molecule has 0 radical (unpaired) electrons. The number of hydrogen-bond donors (Lipinski definition) is 2. The van der Waals surface area contributed by atoms with Gasteiger partial charge in [-0.05, 0) is 42.0 Å². The summed E-state index contributed by atoms with van der Waals surface area (Å²) in [4.78, 5) is 36.2. The van der Waals surface area contributed by atoms with Crippen molar-refractivity contribution in [3.05, 3.63) is 75.4 Å². The van der Waals surface area contributed by atoms with Gasteiger partial charge in [0, 0.05) is 57.7 Å². The molecule has 1 aromatic carbocycles. The number of nitrogens with zero attached hydrogens (tertiary/aromatic N) is 4. The fourth-order valence-electron chi connectivity index (χ4n) is 4.27. The molecule has 1 fully saturated rings. The molecule has 9 heteroatoms. The number of halogens is 1. The normalized spacial score (nSPS) is 14.9.